The summed E-state index contributed by atoms with van der Waals surface area (Å²) in [6.45, 7) is 5.75. The van der Waals surface area contributed by atoms with Crippen LogP contribution in [0.3, 0.4) is 0 Å². The first-order valence-electron chi connectivity index (χ1n) is 4.81. The molecule has 2 aliphatic rings. The second-order valence-corrected chi connectivity index (χ2v) is 3.69. The molecule has 0 atom stereocenters. The maximum absolute atomic E-state index is 5.74. The molecule has 2 rings (SSSR count). The first kappa shape index (κ1) is 8.48. The van der Waals surface area contributed by atoms with Gasteiger partial charge in [-0.3, -0.25) is 0 Å². The summed E-state index contributed by atoms with van der Waals surface area (Å²) >= 11 is 0. The van der Waals surface area contributed by atoms with Crippen molar-refractivity contribution in [3.8, 4) is 0 Å². The highest BCUT2D eigenvalue weighted by atomic mass is 16.5. The van der Waals surface area contributed by atoms with E-state index in [-0.39, 0.29) is 5.60 Å². The molecule has 0 amide bonds. The van der Waals surface area contributed by atoms with Gasteiger partial charge < -0.3 is 14.8 Å². The number of hydrogen-bond acceptors (Lipinski definition) is 3. The van der Waals surface area contributed by atoms with Crippen LogP contribution in [0.2, 0.25) is 0 Å². The molecule has 1 aliphatic heterocycles. The molecule has 1 spiro atoms. The molecule has 3 nitrogen and oxygen atoms in total. The molecular formula is C9H17NO2. The molecule has 0 unspecified atom stereocenters. The van der Waals surface area contributed by atoms with E-state index in [1.165, 1.54) is 0 Å². The van der Waals surface area contributed by atoms with E-state index in [1.807, 2.05) is 6.92 Å². The van der Waals surface area contributed by atoms with Crippen molar-refractivity contribution in [1.82, 2.24) is 5.32 Å². The minimum absolute atomic E-state index is 0.137. The van der Waals surface area contributed by atoms with Gasteiger partial charge in [0, 0.05) is 32.5 Å². The Kier molecular flexibility index (Phi) is 2.35. The highest BCUT2D eigenvalue weighted by molar-refractivity contribution is 5.00. The van der Waals surface area contributed by atoms with Crippen molar-refractivity contribution in [1.29, 1.82) is 0 Å². The molecule has 70 valence electrons. The van der Waals surface area contributed by atoms with E-state index in [0.717, 1.165) is 39.1 Å². The fourth-order valence-electron chi connectivity index (χ4n) is 2.09. The van der Waals surface area contributed by atoms with Crippen LogP contribution in [0.4, 0.5) is 0 Å². The summed E-state index contributed by atoms with van der Waals surface area (Å²) in [5.41, 5.74) is 0.137. The fraction of sp³-hybridized carbons (Fsp3) is 1.00. The van der Waals surface area contributed by atoms with Gasteiger partial charge in [0.25, 0.3) is 0 Å². The monoisotopic (exact) mass is 171 g/mol. The Balaban J connectivity index is 1.77. The molecule has 1 N–H and O–H groups in total. The predicted octanol–water partition coefficient (Wildman–Crippen LogP) is 0.544. The molecule has 12 heavy (non-hydrogen) atoms. The third-order valence-corrected chi connectivity index (χ3v) is 2.74. The van der Waals surface area contributed by atoms with Gasteiger partial charge in [0.15, 0.2) is 0 Å². The van der Waals surface area contributed by atoms with Gasteiger partial charge in [-0.25, -0.2) is 0 Å². The minimum atomic E-state index is 0.137. The quantitative estimate of drug-likeness (QED) is 0.658. The largest absolute Gasteiger partial charge is 0.378 e. The summed E-state index contributed by atoms with van der Waals surface area (Å²) in [6.07, 6.45) is 2.61. The maximum atomic E-state index is 5.74. The van der Waals surface area contributed by atoms with Crippen molar-refractivity contribution < 1.29 is 9.47 Å². The SMILES string of the molecule is CCOC1CC2(CNCCO2)C1. The van der Waals surface area contributed by atoms with Gasteiger partial charge in [0.1, 0.15) is 0 Å². The maximum Gasteiger partial charge on any atom is 0.0856 e. The second kappa shape index (κ2) is 3.32. The molecule has 1 saturated heterocycles. The van der Waals surface area contributed by atoms with Gasteiger partial charge in [-0.15, -0.1) is 0 Å². The van der Waals surface area contributed by atoms with Gasteiger partial charge in [-0.05, 0) is 6.92 Å². The summed E-state index contributed by atoms with van der Waals surface area (Å²) < 4.78 is 11.2. The normalized spacial score (nSPS) is 41.2. The lowest BCUT2D eigenvalue weighted by atomic mass is 9.76. The van der Waals surface area contributed by atoms with Crippen LogP contribution in [-0.2, 0) is 9.47 Å². The Morgan fingerprint density at radius 2 is 2.42 bits per heavy atom. The molecule has 1 aliphatic carbocycles. The Hall–Kier alpha value is -0.120. The number of morpholine rings is 1. The lowest BCUT2D eigenvalue weighted by Crippen LogP contribution is -2.59. The van der Waals surface area contributed by atoms with Crippen LogP contribution in [0.5, 0.6) is 0 Å². The average Bonchev–Trinajstić information content (AvgIpc) is 2.04. The average molecular weight is 171 g/mol. The number of rotatable bonds is 2. The smallest absolute Gasteiger partial charge is 0.0856 e. The summed E-state index contributed by atoms with van der Waals surface area (Å²) in [4.78, 5) is 0. The molecule has 0 aromatic rings. The van der Waals surface area contributed by atoms with Gasteiger partial charge in [-0.2, -0.15) is 0 Å². The fourth-order valence-corrected chi connectivity index (χ4v) is 2.09. The van der Waals surface area contributed by atoms with Gasteiger partial charge in [-0.1, -0.05) is 0 Å². The second-order valence-electron chi connectivity index (χ2n) is 3.69. The van der Waals surface area contributed by atoms with Crippen LogP contribution in [0.1, 0.15) is 19.8 Å². The highest BCUT2D eigenvalue weighted by Gasteiger charge is 2.46. The van der Waals surface area contributed by atoms with E-state index in [0.29, 0.717) is 6.10 Å². The van der Waals surface area contributed by atoms with E-state index >= 15 is 0 Å². The third-order valence-electron chi connectivity index (χ3n) is 2.74. The summed E-state index contributed by atoms with van der Waals surface area (Å²) in [6, 6.07) is 0. The lowest BCUT2D eigenvalue weighted by molar-refractivity contribution is -0.180. The zero-order valence-electron chi connectivity index (χ0n) is 7.64. The highest BCUT2D eigenvalue weighted by Crippen LogP contribution is 2.38. The molecule has 0 aromatic carbocycles. The Morgan fingerprint density at radius 1 is 1.58 bits per heavy atom. The van der Waals surface area contributed by atoms with Gasteiger partial charge in [0.2, 0.25) is 0 Å². The first-order chi connectivity index (χ1) is 5.85. The topological polar surface area (TPSA) is 30.5 Å². The molecular weight excluding hydrogens is 154 g/mol. The van der Waals surface area contributed by atoms with Crippen LogP contribution in [-0.4, -0.2) is 38.0 Å². The summed E-state index contributed by atoms with van der Waals surface area (Å²) in [7, 11) is 0. The number of nitrogens with one attached hydrogen (secondary N) is 1. The Labute approximate surface area is 73.4 Å². The molecule has 3 heteroatoms. The van der Waals surface area contributed by atoms with E-state index in [9.17, 15) is 0 Å². The van der Waals surface area contributed by atoms with Crippen LogP contribution >= 0.6 is 0 Å². The van der Waals surface area contributed by atoms with Gasteiger partial charge >= 0.3 is 0 Å². The number of ether oxygens (including phenoxy) is 2. The van der Waals surface area contributed by atoms with E-state index in [4.69, 9.17) is 9.47 Å². The Bertz CT molecular complexity index is 147. The summed E-state index contributed by atoms with van der Waals surface area (Å²) in [5, 5.41) is 3.36. The van der Waals surface area contributed by atoms with E-state index < -0.39 is 0 Å². The van der Waals surface area contributed by atoms with Crippen molar-refractivity contribution in [2.75, 3.05) is 26.3 Å². The van der Waals surface area contributed by atoms with Crippen molar-refractivity contribution in [3.05, 3.63) is 0 Å². The number of hydrogen-bond donors (Lipinski definition) is 1. The van der Waals surface area contributed by atoms with Crippen LogP contribution in [0.25, 0.3) is 0 Å². The van der Waals surface area contributed by atoms with E-state index in [1.54, 1.807) is 0 Å². The van der Waals surface area contributed by atoms with Crippen molar-refractivity contribution in [2.24, 2.45) is 0 Å². The van der Waals surface area contributed by atoms with Crippen molar-refractivity contribution >= 4 is 0 Å². The van der Waals surface area contributed by atoms with E-state index in [2.05, 4.69) is 5.32 Å². The predicted molar refractivity (Wildman–Crippen MR) is 46.2 cm³/mol. The standard InChI is InChI=1S/C9H17NO2/c1-2-11-8-5-9(6-8)7-10-3-4-12-9/h8,10H,2-7H2,1H3. The molecule has 0 radical (unpaired) electrons. The van der Waals surface area contributed by atoms with Crippen molar-refractivity contribution in [3.63, 3.8) is 0 Å². The molecule has 2 fully saturated rings. The molecule has 1 saturated carbocycles. The van der Waals surface area contributed by atoms with Crippen LogP contribution in [0, 0.1) is 0 Å². The van der Waals surface area contributed by atoms with Gasteiger partial charge in [0.05, 0.1) is 18.3 Å². The van der Waals surface area contributed by atoms with Crippen LogP contribution < -0.4 is 5.32 Å². The molecule has 0 aromatic heterocycles. The first-order valence-corrected chi connectivity index (χ1v) is 4.81. The Morgan fingerprint density at radius 3 is 3.00 bits per heavy atom. The zero-order chi connectivity index (χ0) is 8.44. The zero-order valence-corrected chi connectivity index (χ0v) is 7.64. The summed E-state index contributed by atoms with van der Waals surface area (Å²) in [5.74, 6) is 0. The molecule has 0 bridgehead atoms. The third kappa shape index (κ3) is 1.49. The molecule has 1 heterocycles. The minimum Gasteiger partial charge on any atom is -0.378 e. The van der Waals surface area contributed by atoms with Crippen molar-refractivity contribution in [2.45, 2.75) is 31.5 Å². The van der Waals surface area contributed by atoms with Crippen LogP contribution in [0.15, 0.2) is 0 Å². The lowest BCUT2D eigenvalue weighted by Gasteiger charge is -2.49.